The molecule has 0 radical (unpaired) electrons. The maximum Gasteiger partial charge on any atom is 0.0164 e. The van der Waals surface area contributed by atoms with Gasteiger partial charge in [-0.1, -0.05) is 19.1 Å². The van der Waals surface area contributed by atoms with Gasteiger partial charge in [0.2, 0.25) is 0 Å². The third kappa shape index (κ3) is 1.10. The van der Waals surface area contributed by atoms with Crippen LogP contribution in [0.2, 0.25) is 0 Å². The van der Waals surface area contributed by atoms with Crippen molar-refractivity contribution >= 4 is 0 Å². The minimum atomic E-state index is 0.747. The van der Waals surface area contributed by atoms with Crippen LogP contribution in [0, 0.1) is 5.92 Å². The fraction of sp³-hybridized carbons (Fsp3) is 0.714. The molecule has 46 valence electrons. The van der Waals surface area contributed by atoms with Gasteiger partial charge in [-0.15, -0.1) is 0 Å². The fourth-order valence-corrected chi connectivity index (χ4v) is 0.946. The Morgan fingerprint density at radius 2 is 2.50 bits per heavy atom. The Morgan fingerprint density at radius 1 is 1.75 bits per heavy atom. The lowest BCUT2D eigenvalue weighted by molar-refractivity contribution is 0.500. The molecule has 1 atom stereocenters. The lowest BCUT2D eigenvalue weighted by Gasteiger charge is -2.20. The van der Waals surface area contributed by atoms with E-state index in [1.807, 2.05) is 0 Å². The van der Waals surface area contributed by atoms with Crippen LogP contribution >= 0.6 is 0 Å². The zero-order valence-electron chi connectivity index (χ0n) is 5.41. The number of rotatable bonds is 0. The van der Waals surface area contributed by atoms with Crippen molar-refractivity contribution in [2.75, 3.05) is 13.1 Å². The van der Waals surface area contributed by atoms with Crippen LogP contribution in [0.15, 0.2) is 12.2 Å². The molecule has 0 amide bonds. The summed E-state index contributed by atoms with van der Waals surface area (Å²) >= 11 is 0. The number of nitrogens with one attached hydrogen (secondary N) is 1. The zero-order valence-corrected chi connectivity index (χ0v) is 5.41. The molecule has 0 aromatic rings. The molecule has 1 nitrogen and oxygen atoms in total. The molecule has 0 saturated carbocycles. The Labute approximate surface area is 50.8 Å². The molecule has 0 spiro atoms. The Hall–Kier alpha value is -0.300. The van der Waals surface area contributed by atoms with E-state index in [2.05, 4.69) is 18.8 Å². The smallest absolute Gasteiger partial charge is 0.0164 e. The van der Waals surface area contributed by atoms with Crippen molar-refractivity contribution in [2.45, 2.75) is 13.3 Å². The van der Waals surface area contributed by atoms with Crippen molar-refractivity contribution in [3.05, 3.63) is 12.2 Å². The molecule has 1 heteroatoms. The lowest BCUT2D eigenvalue weighted by Crippen LogP contribution is -2.28. The molecular formula is C7H13N. The van der Waals surface area contributed by atoms with Gasteiger partial charge in [0.15, 0.2) is 0 Å². The average Bonchev–Trinajstić information content (AvgIpc) is 1.77. The molecule has 0 aromatic carbocycles. The second kappa shape index (κ2) is 2.31. The molecule has 1 fully saturated rings. The molecule has 1 saturated heterocycles. The second-order valence-corrected chi connectivity index (χ2v) is 2.52. The molecule has 8 heavy (non-hydrogen) atoms. The Bertz CT molecular complexity index is 96.6. The van der Waals surface area contributed by atoms with Gasteiger partial charge in [-0.25, -0.2) is 0 Å². The van der Waals surface area contributed by atoms with Gasteiger partial charge in [-0.05, 0) is 18.9 Å². The Balaban J connectivity index is 2.39. The molecule has 1 aliphatic rings. The van der Waals surface area contributed by atoms with Crippen molar-refractivity contribution in [3.63, 3.8) is 0 Å². The van der Waals surface area contributed by atoms with Gasteiger partial charge in [0, 0.05) is 6.54 Å². The summed E-state index contributed by atoms with van der Waals surface area (Å²) in [5.41, 5.74) is 1.36. The molecule has 1 rings (SSSR count). The minimum absolute atomic E-state index is 0.747. The van der Waals surface area contributed by atoms with Gasteiger partial charge in [0.25, 0.3) is 0 Å². The van der Waals surface area contributed by atoms with Gasteiger partial charge in [0.05, 0.1) is 0 Å². The number of hydrogen-bond acceptors (Lipinski definition) is 1. The second-order valence-electron chi connectivity index (χ2n) is 2.52. The topological polar surface area (TPSA) is 12.0 Å². The van der Waals surface area contributed by atoms with Gasteiger partial charge in [-0.3, -0.25) is 0 Å². The summed E-state index contributed by atoms with van der Waals surface area (Å²) in [6.07, 6.45) is 1.26. The summed E-state index contributed by atoms with van der Waals surface area (Å²) in [6, 6.07) is 0. The predicted molar refractivity (Wildman–Crippen MR) is 35.8 cm³/mol. The maximum absolute atomic E-state index is 3.93. The van der Waals surface area contributed by atoms with Crippen molar-refractivity contribution in [1.82, 2.24) is 5.32 Å². The molecule has 1 N–H and O–H groups in total. The van der Waals surface area contributed by atoms with Crippen molar-refractivity contribution < 1.29 is 0 Å². The first-order valence-electron chi connectivity index (χ1n) is 3.19. The zero-order chi connectivity index (χ0) is 5.98. The minimum Gasteiger partial charge on any atom is -0.313 e. The monoisotopic (exact) mass is 111 g/mol. The summed E-state index contributed by atoms with van der Waals surface area (Å²) in [5, 5.41) is 3.27. The van der Waals surface area contributed by atoms with Crippen LogP contribution in [-0.2, 0) is 0 Å². The normalized spacial score (nSPS) is 30.6. The van der Waals surface area contributed by atoms with Gasteiger partial charge in [-0.2, -0.15) is 0 Å². The van der Waals surface area contributed by atoms with Crippen molar-refractivity contribution in [1.29, 1.82) is 0 Å². The van der Waals surface area contributed by atoms with Gasteiger partial charge in [0.1, 0.15) is 0 Å². The molecule has 0 bridgehead atoms. The van der Waals surface area contributed by atoms with Crippen molar-refractivity contribution in [2.24, 2.45) is 5.92 Å². The first-order valence-corrected chi connectivity index (χ1v) is 3.19. The standard InChI is InChI=1S/C7H13N/c1-6-3-4-8-5-7(6)2/h6,8H,2-5H2,1H3/t6-/m1/s1. The molecule has 0 unspecified atom stereocenters. The molecule has 0 aromatic heterocycles. The van der Waals surface area contributed by atoms with Crippen LogP contribution in [0.25, 0.3) is 0 Å². The van der Waals surface area contributed by atoms with E-state index < -0.39 is 0 Å². The molecule has 1 heterocycles. The summed E-state index contributed by atoms with van der Waals surface area (Å²) in [5.74, 6) is 0.747. The van der Waals surface area contributed by atoms with Crippen molar-refractivity contribution in [3.8, 4) is 0 Å². The van der Waals surface area contributed by atoms with E-state index in [0.717, 1.165) is 12.5 Å². The van der Waals surface area contributed by atoms with Crippen LogP contribution in [0.3, 0.4) is 0 Å². The highest BCUT2D eigenvalue weighted by Crippen LogP contribution is 2.13. The summed E-state index contributed by atoms with van der Waals surface area (Å²) in [6.45, 7) is 8.37. The van der Waals surface area contributed by atoms with E-state index in [1.54, 1.807) is 0 Å². The number of hydrogen-bond donors (Lipinski definition) is 1. The van der Waals surface area contributed by atoms with Gasteiger partial charge >= 0.3 is 0 Å². The third-order valence-electron chi connectivity index (χ3n) is 1.80. The lowest BCUT2D eigenvalue weighted by atomic mass is 9.96. The van der Waals surface area contributed by atoms with Crippen LogP contribution in [0.5, 0.6) is 0 Å². The van der Waals surface area contributed by atoms with E-state index in [1.165, 1.54) is 18.5 Å². The van der Waals surface area contributed by atoms with Crippen LogP contribution < -0.4 is 5.32 Å². The van der Waals surface area contributed by atoms with E-state index in [4.69, 9.17) is 0 Å². The van der Waals surface area contributed by atoms with E-state index >= 15 is 0 Å². The number of piperidine rings is 1. The third-order valence-corrected chi connectivity index (χ3v) is 1.80. The summed E-state index contributed by atoms with van der Waals surface area (Å²) < 4.78 is 0. The van der Waals surface area contributed by atoms with E-state index in [-0.39, 0.29) is 0 Å². The highest BCUT2D eigenvalue weighted by molar-refractivity contribution is 5.03. The summed E-state index contributed by atoms with van der Waals surface area (Å²) in [4.78, 5) is 0. The predicted octanol–water partition coefficient (Wildman–Crippen LogP) is 1.17. The first-order chi connectivity index (χ1) is 3.80. The summed E-state index contributed by atoms with van der Waals surface area (Å²) in [7, 11) is 0. The van der Waals surface area contributed by atoms with Gasteiger partial charge < -0.3 is 5.32 Å². The molecule has 0 aliphatic carbocycles. The molecular weight excluding hydrogens is 98.1 g/mol. The van der Waals surface area contributed by atoms with Crippen LogP contribution in [0.1, 0.15) is 13.3 Å². The largest absolute Gasteiger partial charge is 0.313 e. The quantitative estimate of drug-likeness (QED) is 0.463. The Kier molecular flexibility index (Phi) is 1.69. The molecule has 1 aliphatic heterocycles. The van der Waals surface area contributed by atoms with E-state index in [9.17, 15) is 0 Å². The first kappa shape index (κ1) is 5.83. The van der Waals surface area contributed by atoms with Crippen LogP contribution in [-0.4, -0.2) is 13.1 Å². The van der Waals surface area contributed by atoms with Crippen LogP contribution in [0.4, 0.5) is 0 Å². The van der Waals surface area contributed by atoms with E-state index in [0.29, 0.717) is 0 Å². The fourth-order valence-electron chi connectivity index (χ4n) is 0.946. The Morgan fingerprint density at radius 3 is 2.88 bits per heavy atom. The highest BCUT2D eigenvalue weighted by atomic mass is 14.9. The highest BCUT2D eigenvalue weighted by Gasteiger charge is 2.09. The maximum atomic E-state index is 3.93. The SMILES string of the molecule is C=C1CNCC[C@H]1C. The average molecular weight is 111 g/mol.